The molecular weight excluding hydrogens is 232 g/mol. The summed E-state index contributed by atoms with van der Waals surface area (Å²) in [7, 11) is 0. The molecule has 0 fully saturated rings. The van der Waals surface area contributed by atoms with Crippen molar-refractivity contribution in [1.82, 2.24) is 0 Å². The summed E-state index contributed by atoms with van der Waals surface area (Å²) < 4.78 is 0. The minimum Gasteiger partial charge on any atom is -0.175 e. The Balaban J connectivity index is 2.71. The zero-order chi connectivity index (χ0) is 12.1. The zero-order valence-corrected chi connectivity index (χ0v) is 11.8. The van der Waals surface area contributed by atoms with Gasteiger partial charge in [-0.25, -0.2) is 0 Å². The molecule has 0 radical (unpaired) electrons. The van der Waals surface area contributed by atoms with E-state index in [9.17, 15) is 0 Å². The van der Waals surface area contributed by atoms with Crippen molar-refractivity contribution < 1.29 is 0 Å². The Morgan fingerprint density at radius 1 is 1.25 bits per heavy atom. The van der Waals surface area contributed by atoms with Gasteiger partial charge < -0.3 is 0 Å². The van der Waals surface area contributed by atoms with Crippen LogP contribution in [0.3, 0.4) is 0 Å². The fourth-order valence-corrected chi connectivity index (χ4v) is 2.30. The minimum absolute atomic E-state index is 0.540. The van der Waals surface area contributed by atoms with Gasteiger partial charge in [-0.1, -0.05) is 44.7 Å². The van der Waals surface area contributed by atoms with Gasteiger partial charge in [0.1, 0.15) is 0 Å². The van der Waals surface area contributed by atoms with Gasteiger partial charge in [0.15, 0.2) is 0 Å². The van der Waals surface area contributed by atoms with Gasteiger partial charge in [0.25, 0.3) is 0 Å². The minimum atomic E-state index is 0.540. The van der Waals surface area contributed by atoms with E-state index in [0.29, 0.717) is 11.8 Å². The summed E-state index contributed by atoms with van der Waals surface area (Å²) in [6, 6.07) is 8.71. The quantitative estimate of drug-likeness (QED) is 0.698. The van der Waals surface area contributed by atoms with Crippen molar-refractivity contribution in [3.8, 4) is 0 Å². The Morgan fingerprint density at radius 2 is 1.81 bits per heavy atom. The lowest BCUT2D eigenvalue weighted by Gasteiger charge is -2.20. The number of rotatable bonds is 5. The van der Waals surface area contributed by atoms with Crippen molar-refractivity contribution in [3.05, 3.63) is 46.9 Å². The standard InChI is InChI=1S/C14H20S2/c1-10(8-11(2)16)12(3)14-6-4-13(9-15)5-7-14/h4-7,10,12,15-16H,2,8-9H2,1,3H3. The van der Waals surface area contributed by atoms with Crippen LogP contribution >= 0.6 is 25.3 Å². The third kappa shape index (κ3) is 3.91. The van der Waals surface area contributed by atoms with E-state index in [-0.39, 0.29) is 0 Å². The molecule has 0 saturated heterocycles. The Bertz CT molecular complexity index is 340. The summed E-state index contributed by atoms with van der Waals surface area (Å²) in [5.74, 6) is 1.92. The number of allylic oxidation sites excluding steroid dienone is 1. The number of hydrogen-bond donors (Lipinski definition) is 2. The highest BCUT2D eigenvalue weighted by atomic mass is 32.1. The summed E-state index contributed by atoms with van der Waals surface area (Å²) in [4.78, 5) is 0.964. The molecule has 0 nitrogen and oxygen atoms in total. The van der Waals surface area contributed by atoms with Crippen LogP contribution in [-0.4, -0.2) is 0 Å². The highest BCUT2D eigenvalue weighted by Crippen LogP contribution is 2.29. The van der Waals surface area contributed by atoms with Crippen LogP contribution in [0.4, 0.5) is 0 Å². The maximum absolute atomic E-state index is 4.27. The number of hydrogen-bond acceptors (Lipinski definition) is 2. The van der Waals surface area contributed by atoms with E-state index in [0.717, 1.165) is 17.1 Å². The second-order valence-corrected chi connectivity index (χ2v) is 5.38. The third-order valence-electron chi connectivity index (χ3n) is 3.10. The molecule has 1 aromatic rings. The maximum Gasteiger partial charge on any atom is 0.0154 e. The SMILES string of the molecule is C=C(S)CC(C)C(C)c1ccc(CS)cc1. The first-order valence-corrected chi connectivity index (χ1v) is 6.69. The summed E-state index contributed by atoms with van der Waals surface area (Å²) in [6.07, 6.45) is 0.971. The van der Waals surface area contributed by atoms with E-state index in [1.165, 1.54) is 11.1 Å². The van der Waals surface area contributed by atoms with Gasteiger partial charge in [0, 0.05) is 5.75 Å². The first-order chi connectivity index (χ1) is 7.54. The topological polar surface area (TPSA) is 0 Å². The molecule has 0 amide bonds. The van der Waals surface area contributed by atoms with Crippen LogP contribution in [0.5, 0.6) is 0 Å². The van der Waals surface area contributed by atoms with E-state index in [1.807, 2.05) is 0 Å². The molecule has 1 aromatic carbocycles. The summed E-state index contributed by atoms with van der Waals surface area (Å²) in [5, 5.41) is 0. The van der Waals surface area contributed by atoms with Gasteiger partial charge in [0.2, 0.25) is 0 Å². The van der Waals surface area contributed by atoms with Crippen LogP contribution in [0.1, 0.15) is 37.3 Å². The third-order valence-corrected chi connectivity index (χ3v) is 3.65. The molecular formula is C14H20S2. The van der Waals surface area contributed by atoms with Crippen LogP contribution in [0.2, 0.25) is 0 Å². The monoisotopic (exact) mass is 252 g/mol. The molecule has 0 aliphatic rings. The summed E-state index contributed by atoms with van der Waals surface area (Å²) >= 11 is 8.53. The highest BCUT2D eigenvalue weighted by Gasteiger charge is 2.14. The lowest BCUT2D eigenvalue weighted by atomic mass is 9.86. The molecule has 0 heterocycles. The molecule has 0 saturated carbocycles. The maximum atomic E-state index is 4.27. The van der Waals surface area contributed by atoms with Gasteiger partial charge >= 0.3 is 0 Å². The fraction of sp³-hybridized carbons (Fsp3) is 0.429. The molecule has 88 valence electrons. The zero-order valence-electron chi connectivity index (χ0n) is 9.98. The van der Waals surface area contributed by atoms with Crippen LogP contribution in [0.25, 0.3) is 0 Å². The lowest BCUT2D eigenvalue weighted by Crippen LogP contribution is -2.06. The normalized spacial score (nSPS) is 14.5. The second kappa shape index (κ2) is 6.41. The molecule has 1 rings (SSSR count). The van der Waals surface area contributed by atoms with Gasteiger partial charge in [-0.3, -0.25) is 0 Å². The Labute approximate surface area is 110 Å². The second-order valence-electron chi connectivity index (χ2n) is 4.44. The molecule has 0 aliphatic carbocycles. The average Bonchev–Trinajstić information content (AvgIpc) is 2.27. The van der Waals surface area contributed by atoms with Crippen molar-refractivity contribution in [1.29, 1.82) is 0 Å². The Kier molecular flexibility index (Phi) is 5.50. The smallest absolute Gasteiger partial charge is 0.0154 e. The fourth-order valence-electron chi connectivity index (χ4n) is 1.80. The van der Waals surface area contributed by atoms with Gasteiger partial charge in [-0.2, -0.15) is 12.6 Å². The van der Waals surface area contributed by atoms with Crippen LogP contribution in [0.15, 0.2) is 35.7 Å². The first-order valence-electron chi connectivity index (χ1n) is 5.61. The molecule has 2 heteroatoms. The predicted octanol–water partition coefficient (Wildman–Crippen LogP) is 4.69. The van der Waals surface area contributed by atoms with E-state index in [2.05, 4.69) is 69.9 Å². The van der Waals surface area contributed by atoms with Crippen LogP contribution < -0.4 is 0 Å². The van der Waals surface area contributed by atoms with E-state index in [4.69, 9.17) is 0 Å². The first kappa shape index (κ1) is 13.7. The Morgan fingerprint density at radius 3 is 2.25 bits per heavy atom. The van der Waals surface area contributed by atoms with Crippen LogP contribution in [0, 0.1) is 5.92 Å². The van der Waals surface area contributed by atoms with Crippen molar-refractivity contribution in [2.45, 2.75) is 31.9 Å². The highest BCUT2D eigenvalue weighted by molar-refractivity contribution is 7.84. The summed E-state index contributed by atoms with van der Waals surface area (Å²) in [6.45, 7) is 8.36. The summed E-state index contributed by atoms with van der Waals surface area (Å²) in [5.41, 5.74) is 2.65. The van der Waals surface area contributed by atoms with Gasteiger partial charge in [0.05, 0.1) is 0 Å². The Hall–Kier alpha value is -0.340. The molecule has 2 unspecified atom stereocenters. The molecule has 0 aromatic heterocycles. The van der Waals surface area contributed by atoms with E-state index < -0.39 is 0 Å². The molecule has 0 bridgehead atoms. The average molecular weight is 252 g/mol. The van der Waals surface area contributed by atoms with Gasteiger partial charge in [-0.15, -0.1) is 12.6 Å². The van der Waals surface area contributed by atoms with Crippen LogP contribution in [-0.2, 0) is 5.75 Å². The molecule has 16 heavy (non-hydrogen) atoms. The van der Waals surface area contributed by atoms with Crippen molar-refractivity contribution in [3.63, 3.8) is 0 Å². The van der Waals surface area contributed by atoms with Crippen molar-refractivity contribution >= 4 is 25.3 Å². The number of thiol groups is 2. The largest absolute Gasteiger partial charge is 0.175 e. The lowest BCUT2D eigenvalue weighted by molar-refractivity contribution is 0.492. The molecule has 2 atom stereocenters. The van der Waals surface area contributed by atoms with Gasteiger partial charge in [-0.05, 0) is 34.3 Å². The van der Waals surface area contributed by atoms with Crippen molar-refractivity contribution in [2.24, 2.45) is 5.92 Å². The van der Waals surface area contributed by atoms with Crippen molar-refractivity contribution in [2.75, 3.05) is 0 Å². The van der Waals surface area contributed by atoms with E-state index >= 15 is 0 Å². The number of benzene rings is 1. The molecule has 0 N–H and O–H groups in total. The van der Waals surface area contributed by atoms with E-state index in [1.54, 1.807) is 0 Å². The predicted molar refractivity (Wildman–Crippen MR) is 79.5 cm³/mol. The molecule has 0 aliphatic heterocycles. The molecule has 0 spiro atoms.